The van der Waals surface area contributed by atoms with Gasteiger partial charge in [0.2, 0.25) is 5.88 Å². The molecule has 1 amide bonds. The Balaban J connectivity index is 1.85. The SMILES string of the molecule is COc1ccc([C@H](NC(=O)c2ccc(C)c(F)c2F)C2CC(O)C2)cn1. The number of aromatic nitrogens is 1. The van der Waals surface area contributed by atoms with Crippen LogP contribution in [-0.4, -0.2) is 29.2 Å². The van der Waals surface area contributed by atoms with E-state index in [4.69, 9.17) is 4.74 Å². The molecule has 1 aliphatic rings. The van der Waals surface area contributed by atoms with Crippen molar-refractivity contribution < 1.29 is 23.4 Å². The van der Waals surface area contributed by atoms with E-state index in [9.17, 15) is 18.7 Å². The molecule has 138 valence electrons. The minimum atomic E-state index is -1.16. The van der Waals surface area contributed by atoms with Gasteiger partial charge in [0.25, 0.3) is 5.91 Å². The fourth-order valence-electron chi connectivity index (χ4n) is 3.11. The molecule has 5 nitrogen and oxygen atoms in total. The number of methoxy groups -OCH3 is 1. The maximum Gasteiger partial charge on any atom is 0.254 e. The van der Waals surface area contributed by atoms with E-state index in [1.807, 2.05) is 0 Å². The zero-order valence-corrected chi connectivity index (χ0v) is 14.5. The van der Waals surface area contributed by atoms with Gasteiger partial charge < -0.3 is 15.2 Å². The van der Waals surface area contributed by atoms with Crippen LogP contribution in [0, 0.1) is 24.5 Å². The summed E-state index contributed by atoms with van der Waals surface area (Å²) < 4.78 is 32.9. The molecule has 1 aromatic carbocycles. The number of carbonyl (C=O) groups is 1. The quantitative estimate of drug-likeness (QED) is 0.858. The molecule has 2 N–H and O–H groups in total. The fourth-order valence-corrected chi connectivity index (χ4v) is 3.11. The fraction of sp³-hybridized carbons (Fsp3) is 0.368. The Kier molecular flexibility index (Phi) is 5.18. The summed E-state index contributed by atoms with van der Waals surface area (Å²) >= 11 is 0. The second-order valence-electron chi connectivity index (χ2n) is 6.53. The molecule has 1 heterocycles. The van der Waals surface area contributed by atoms with Crippen LogP contribution >= 0.6 is 0 Å². The minimum Gasteiger partial charge on any atom is -0.481 e. The van der Waals surface area contributed by atoms with Crippen molar-refractivity contribution in [3.05, 3.63) is 58.8 Å². The number of benzene rings is 1. The molecule has 1 fully saturated rings. The van der Waals surface area contributed by atoms with Crippen molar-refractivity contribution in [2.45, 2.75) is 31.9 Å². The van der Waals surface area contributed by atoms with Crippen molar-refractivity contribution in [1.29, 1.82) is 0 Å². The molecule has 0 saturated heterocycles. The number of aryl methyl sites for hydroxylation is 1. The molecular weight excluding hydrogens is 342 g/mol. The first-order valence-corrected chi connectivity index (χ1v) is 8.34. The number of carbonyl (C=O) groups excluding carboxylic acids is 1. The van der Waals surface area contributed by atoms with Crippen LogP contribution < -0.4 is 10.1 Å². The van der Waals surface area contributed by atoms with Crippen molar-refractivity contribution in [2.24, 2.45) is 5.92 Å². The van der Waals surface area contributed by atoms with Gasteiger partial charge in [0.1, 0.15) is 0 Å². The zero-order chi connectivity index (χ0) is 18.8. The van der Waals surface area contributed by atoms with Crippen LogP contribution in [0.15, 0.2) is 30.5 Å². The number of nitrogens with zero attached hydrogens (tertiary/aromatic N) is 1. The number of halogens is 2. The molecular formula is C19H20F2N2O3. The molecule has 7 heteroatoms. The van der Waals surface area contributed by atoms with E-state index in [1.165, 1.54) is 26.2 Å². The third-order valence-electron chi connectivity index (χ3n) is 4.76. The summed E-state index contributed by atoms with van der Waals surface area (Å²) in [5.74, 6) is -2.48. The second kappa shape index (κ2) is 7.37. The largest absolute Gasteiger partial charge is 0.481 e. The molecule has 0 unspecified atom stereocenters. The van der Waals surface area contributed by atoms with E-state index in [0.29, 0.717) is 24.3 Å². The topological polar surface area (TPSA) is 71.5 Å². The number of aliphatic hydroxyl groups excluding tert-OH is 1. The first-order chi connectivity index (χ1) is 12.4. The highest BCUT2D eigenvalue weighted by Gasteiger charge is 2.36. The number of aliphatic hydroxyl groups is 1. The van der Waals surface area contributed by atoms with Crippen molar-refractivity contribution in [3.8, 4) is 5.88 Å². The standard InChI is InChI=1S/C19H20F2N2O3/c1-10-3-5-14(17(21)16(10)20)19(25)23-18(12-7-13(24)8-12)11-4-6-15(26-2)22-9-11/h3-6,9,12-13,18,24H,7-8H2,1-2H3,(H,23,25)/t12?,13?,18-/m0/s1. The van der Waals surface area contributed by atoms with Crippen LogP contribution in [0.4, 0.5) is 8.78 Å². The highest BCUT2D eigenvalue weighted by atomic mass is 19.2. The van der Waals surface area contributed by atoms with Gasteiger partial charge >= 0.3 is 0 Å². The van der Waals surface area contributed by atoms with Crippen molar-refractivity contribution >= 4 is 5.91 Å². The lowest BCUT2D eigenvalue weighted by atomic mass is 9.75. The Morgan fingerprint density at radius 3 is 2.58 bits per heavy atom. The monoisotopic (exact) mass is 362 g/mol. The molecule has 0 bridgehead atoms. The van der Waals surface area contributed by atoms with Gasteiger partial charge in [-0.15, -0.1) is 0 Å². The number of rotatable bonds is 5. The predicted octanol–water partition coefficient (Wildman–Crippen LogP) is 2.92. The molecule has 0 radical (unpaired) electrons. The smallest absolute Gasteiger partial charge is 0.254 e. The van der Waals surface area contributed by atoms with E-state index in [0.717, 1.165) is 0 Å². The summed E-state index contributed by atoms with van der Waals surface area (Å²) in [6, 6.07) is 5.59. The van der Waals surface area contributed by atoms with Gasteiger partial charge in [-0.2, -0.15) is 0 Å². The van der Waals surface area contributed by atoms with Gasteiger partial charge in [0, 0.05) is 12.3 Å². The van der Waals surface area contributed by atoms with Gasteiger partial charge in [-0.05, 0) is 42.9 Å². The lowest BCUT2D eigenvalue weighted by Gasteiger charge is -2.38. The van der Waals surface area contributed by atoms with E-state index in [2.05, 4.69) is 10.3 Å². The molecule has 1 atom stereocenters. The molecule has 2 aromatic rings. The molecule has 0 aliphatic heterocycles. The summed E-state index contributed by atoms with van der Waals surface area (Å²) in [4.78, 5) is 16.7. The van der Waals surface area contributed by atoms with Gasteiger partial charge in [-0.3, -0.25) is 4.79 Å². The van der Waals surface area contributed by atoms with Gasteiger partial charge in [-0.1, -0.05) is 12.1 Å². The van der Waals surface area contributed by atoms with Crippen molar-refractivity contribution in [1.82, 2.24) is 10.3 Å². The van der Waals surface area contributed by atoms with Crippen LogP contribution in [0.25, 0.3) is 0 Å². The van der Waals surface area contributed by atoms with Crippen LogP contribution in [0.3, 0.4) is 0 Å². The molecule has 1 aromatic heterocycles. The second-order valence-corrected chi connectivity index (χ2v) is 6.53. The zero-order valence-electron chi connectivity index (χ0n) is 14.5. The first kappa shape index (κ1) is 18.3. The lowest BCUT2D eigenvalue weighted by molar-refractivity contribution is 0.0234. The van der Waals surface area contributed by atoms with Crippen LogP contribution in [0.2, 0.25) is 0 Å². The van der Waals surface area contributed by atoms with E-state index < -0.39 is 29.7 Å². The molecule has 26 heavy (non-hydrogen) atoms. The van der Waals surface area contributed by atoms with E-state index in [1.54, 1.807) is 18.3 Å². The molecule has 1 saturated carbocycles. The molecule has 1 aliphatic carbocycles. The maximum absolute atomic E-state index is 14.1. The Hall–Kier alpha value is -2.54. The van der Waals surface area contributed by atoms with Gasteiger partial charge in [0.15, 0.2) is 11.6 Å². The minimum absolute atomic E-state index is 0.0116. The summed E-state index contributed by atoms with van der Waals surface area (Å²) in [5, 5.41) is 12.4. The third kappa shape index (κ3) is 3.53. The third-order valence-corrected chi connectivity index (χ3v) is 4.76. The number of nitrogens with one attached hydrogen (secondary N) is 1. The number of hydrogen-bond acceptors (Lipinski definition) is 4. The van der Waals surface area contributed by atoms with Crippen LogP contribution in [0.1, 0.15) is 40.4 Å². The normalized spacial score (nSPS) is 20.2. The van der Waals surface area contributed by atoms with Gasteiger partial charge in [0.05, 0.1) is 24.8 Å². The predicted molar refractivity (Wildman–Crippen MR) is 90.8 cm³/mol. The highest BCUT2D eigenvalue weighted by molar-refractivity contribution is 5.94. The Morgan fingerprint density at radius 2 is 2.00 bits per heavy atom. The number of ether oxygens (including phenoxy) is 1. The van der Waals surface area contributed by atoms with Crippen molar-refractivity contribution in [3.63, 3.8) is 0 Å². The Labute approximate surface area is 150 Å². The van der Waals surface area contributed by atoms with E-state index in [-0.39, 0.29) is 17.0 Å². The maximum atomic E-state index is 14.1. The summed E-state index contributed by atoms with van der Waals surface area (Å²) in [7, 11) is 1.50. The Morgan fingerprint density at radius 1 is 1.27 bits per heavy atom. The van der Waals surface area contributed by atoms with E-state index >= 15 is 0 Å². The van der Waals surface area contributed by atoms with Crippen LogP contribution in [0.5, 0.6) is 5.88 Å². The molecule has 3 rings (SSSR count). The average Bonchev–Trinajstić information content (AvgIpc) is 2.62. The molecule has 0 spiro atoms. The number of pyridine rings is 1. The first-order valence-electron chi connectivity index (χ1n) is 8.34. The summed E-state index contributed by atoms with van der Waals surface area (Å²) in [6.07, 6.45) is 2.18. The Bertz CT molecular complexity index is 805. The van der Waals surface area contributed by atoms with Crippen molar-refractivity contribution in [2.75, 3.05) is 7.11 Å². The average molecular weight is 362 g/mol. The van der Waals surface area contributed by atoms with Gasteiger partial charge in [-0.25, -0.2) is 13.8 Å². The summed E-state index contributed by atoms with van der Waals surface area (Å²) in [6.45, 7) is 1.43. The summed E-state index contributed by atoms with van der Waals surface area (Å²) in [5.41, 5.74) is 0.501. The number of hydrogen-bond donors (Lipinski definition) is 2. The van der Waals surface area contributed by atoms with Crippen LogP contribution in [-0.2, 0) is 0 Å². The number of amides is 1. The lowest BCUT2D eigenvalue weighted by Crippen LogP contribution is -2.41. The highest BCUT2D eigenvalue weighted by Crippen LogP contribution is 2.38.